The summed E-state index contributed by atoms with van der Waals surface area (Å²) in [7, 11) is 3.54. The van der Waals surface area contributed by atoms with E-state index in [0.717, 1.165) is 38.0 Å². The number of hydrogen-bond donors (Lipinski definition) is 1. The van der Waals surface area contributed by atoms with Crippen LogP contribution in [0.5, 0.6) is 0 Å². The van der Waals surface area contributed by atoms with Crippen molar-refractivity contribution in [3.05, 3.63) is 24.0 Å². The molecule has 1 heterocycles. The van der Waals surface area contributed by atoms with Crippen molar-refractivity contribution in [1.82, 2.24) is 10.2 Å². The van der Waals surface area contributed by atoms with Crippen LogP contribution in [0.1, 0.15) is 25.7 Å². The van der Waals surface area contributed by atoms with Gasteiger partial charge in [0.1, 0.15) is 5.76 Å². The van der Waals surface area contributed by atoms with Crippen molar-refractivity contribution in [2.45, 2.75) is 37.8 Å². The fourth-order valence-corrected chi connectivity index (χ4v) is 2.72. The molecule has 4 nitrogen and oxygen atoms in total. The van der Waals surface area contributed by atoms with Crippen LogP contribution in [0.3, 0.4) is 0 Å². The Hall–Kier alpha value is -1.29. The molecule has 1 unspecified atom stereocenters. The average Bonchev–Trinajstić information content (AvgIpc) is 2.60. The second-order valence-electron chi connectivity index (χ2n) is 4.82. The molecule has 18 heavy (non-hydrogen) atoms. The molecule has 1 aliphatic carbocycles. The largest absolute Gasteiger partial charge is 0.499 e. The van der Waals surface area contributed by atoms with E-state index < -0.39 is 0 Å². The molecule has 0 radical (unpaired) electrons. The van der Waals surface area contributed by atoms with Crippen LogP contribution >= 0.6 is 0 Å². The number of carbonyl (C=O) groups excluding carboxylic acids is 1. The van der Waals surface area contributed by atoms with E-state index in [4.69, 9.17) is 4.74 Å². The van der Waals surface area contributed by atoms with Gasteiger partial charge in [-0.1, -0.05) is 12.2 Å². The van der Waals surface area contributed by atoms with Crippen LogP contribution in [0.25, 0.3) is 0 Å². The highest BCUT2D eigenvalue weighted by Gasteiger charge is 2.33. The van der Waals surface area contributed by atoms with Gasteiger partial charge in [0, 0.05) is 6.54 Å². The van der Waals surface area contributed by atoms with Crippen LogP contribution in [0.4, 0.5) is 0 Å². The number of carbonyl (C=O) groups is 1. The summed E-state index contributed by atoms with van der Waals surface area (Å²) in [5.74, 6) is 1.10. The number of rotatable bonds is 3. The summed E-state index contributed by atoms with van der Waals surface area (Å²) in [6, 6.07) is 0.0259. The maximum atomic E-state index is 12.5. The molecule has 2 atom stereocenters. The smallest absolute Gasteiger partial charge is 0.240 e. The number of allylic oxidation sites excluding steroid dienone is 2. The van der Waals surface area contributed by atoms with Crippen molar-refractivity contribution in [1.29, 1.82) is 0 Å². The van der Waals surface area contributed by atoms with Crippen molar-refractivity contribution in [2.24, 2.45) is 0 Å². The molecule has 1 fully saturated rings. The van der Waals surface area contributed by atoms with Crippen molar-refractivity contribution in [3.8, 4) is 0 Å². The normalized spacial score (nSPS) is 28.9. The Kier molecular flexibility index (Phi) is 4.42. The Morgan fingerprint density at radius 1 is 1.44 bits per heavy atom. The summed E-state index contributed by atoms with van der Waals surface area (Å²) in [6.45, 7) is 0.830. The van der Waals surface area contributed by atoms with Crippen LogP contribution in [-0.4, -0.2) is 43.6 Å². The van der Waals surface area contributed by atoms with Gasteiger partial charge < -0.3 is 15.0 Å². The zero-order valence-corrected chi connectivity index (χ0v) is 11.2. The van der Waals surface area contributed by atoms with Crippen molar-refractivity contribution < 1.29 is 9.53 Å². The molecule has 2 rings (SSSR count). The fourth-order valence-electron chi connectivity index (χ4n) is 2.72. The summed E-state index contributed by atoms with van der Waals surface area (Å²) < 4.78 is 5.41. The van der Waals surface area contributed by atoms with E-state index in [2.05, 4.69) is 11.4 Å². The molecular formula is C14H22N2O2. The standard InChI is InChI=1S/C14H22N2O2/c1-15-11-7-5-6-10-16(14(11)17)12-8-3-4-9-13(12)18-2/h3-4,9,11-12,15H,5-8,10H2,1-2H3/t11-,12?/m0/s1. The number of nitrogens with zero attached hydrogens (tertiary/aromatic N) is 1. The zero-order valence-electron chi connectivity index (χ0n) is 11.2. The van der Waals surface area contributed by atoms with Gasteiger partial charge >= 0.3 is 0 Å². The van der Waals surface area contributed by atoms with Crippen LogP contribution in [0, 0.1) is 0 Å². The number of methoxy groups -OCH3 is 1. The van der Waals surface area contributed by atoms with Gasteiger partial charge in [-0.3, -0.25) is 4.79 Å². The summed E-state index contributed by atoms with van der Waals surface area (Å²) >= 11 is 0. The zero-order chi connectivity index (χ0) is 13.0. The highest BCUT2D eigenvalue weighted by atomic mass is 16.5. The van der Waals surface area contributed by atoms with Crippen LogP contribution < -0.4 is 5.32 Å². The second-order valence-corrected chi connectivity index (χ2v) is 4.82. The first-order valence-corrected chi connectivity index (χ1v) is 6.66. The number of ether oxygens (including phenoxy) is 1. The molecule has 0 bridgehead atoms. The summed E-state index contributed by atoms with van der Waals surface area (Å²) in [6.07, 6.45) is 10.00. The first-order valence-electron chi connectivity index (χ1n) is 6.66. The molecule has 1 saturated heterocycles. The minimum atomic E-state index is -0.0449. The molecule has 0 aromatic carbocycles. The Bertz CT molecular complexity index is 363. The lowest BCUT2D eigenvalue weighted by atomic mass is 10.0. The van der Waals surface area contributed by atoms with E-state index >= 15 is 0 Å². The van der Waals surface area contributed by atoms with E-state index in [1.807, 2.05) is 24.1 Å². The molecular weight excluding hydrogens is 228 g/mol. The van der Waals surface area contributed by atoms with E-state index in [9.17, 15) is 4.79 Å². The molecule has 0 aromatic rings. The Labute approximate surface area is 109 Å². The van der Waals surface area contributed by atoms with Crippen molar-refractivity contribution >= 4 is 5.91 Å². The molecule has 1 N–H and O–H groups in total. The van der Waals surface area contributed by atoms with E-state index in [0.29, 0.717) is 0 Å². The predicted molar refractivity (Wildman–Crippen MR) is 71.0 cm³/mol. The Morgan fingerprint density at radius 3 is 3.00 bits per heavy atom. The molecule has 0 aromatic heterocycles. The maximum Gasteiger partial charge on any atom is 0.240 e. The lowest BCUT2D eigenvalue weighted by Crippen LogP contribution is -2.49. The third kappa shape index (κ3) is 2.58. The highest BCUT2D eigenvalue weighted by Crippen LogP contribution is 2.24. The van der Waals surface area contributed by atoms with Gasteiger partial charge in [0.05, 0.1) is 19.2 Å². The Morgan fingerprint density at radius 2 is 2.28 bits per heavy atom. The van der Waals surface area contributed by atoms with Gasteiger partial charge in [-0.25, -0.2) is 0 Å². The van der Waals surface area contributed by atoms with E-state index in [-0.39, 0.29) is 18.0 Å². The van der Waals surface area contributed by atoms with Crippen LogP contribution in [0.2, 0.25) is 0 Å². The summed E-state index contributed by atoms with van der Waals surface area (Å²) in [5, 5.41) is 3.13. The highest BCUT2D eigenvalue weighted by molar-refractivity contribution is 5.82. The molecule has 2 aliphatic rings. The monoisotopic (exact) mass is 250 g/mol. The lowest BCUT2D eigenvalue weighted by Gasteiger charge is -2.34. The number of likely N-dealkylation sites (N-methyl/N-ethyl adjacent to an activating group) is 1. The lowest BCUT2D eigenvalue weighted by molar-refractivity contribution is -0.135. The average molecular weight is 250 g/mol. The summed E-state index contributed by atoms with van der Waals surface area (Å²) in [5.41, 5.74) is 0. The molecule has 100 valence electrons. The first-order chi connectivity index (χ1) is 8.77. The van der Waals surface area contributed by atoms with Gasteiger partial charge in [0.15, 0.2) is 0 Å². The topological polar surface area (TPSA) is 41.6 Å². The number of amides is 1. The SMILES string of the molecule is CN[C@H]1CCCCN(C2CC=CC=C2OC)C1=O. The number of likely N-dealkylation sites (tertiary alicyclic amines) is 1. The first kappa shape index (κ1) is 13.1. The van der Waals surface area contributed by atoms with Gasteiger partial charge in [-0.2, -0.15) is 0 Å². The predicted octanol–water partition coefficient (Wildman–Crippen LogP) is 1.45. The van der Waals surface area contributed by atoms with Gasteiger partial charge in [0.2, 0.25) is 5.91 Å². The second kappa shape index (κ2) is 6.05. The molecule has 0 saturated carbocycles. The van der Waals surface area contributed by atoms with E-state index in [1.165, 1.54) is 0 Å². The number of nitrogens with one attached hydrogen (secondary N) is 1. The third-order valence-corrected chi connectivity index (χ3v) is 3.77. The number of hydrogen-bond acceptors (Lipinski definition) is 3. The van der Waals surface area contributed by atoms with Crippen LogP contribution in [-0.2, 0) is 9.53 Å². The summed E-state index contributed by atoms with van der Waals surface area (Å²) in [4.78, 5) is 14.5. The fraction of sp³-hybridized carbons (Fsp3) is 0.643. The third-order valence-electron chi connectivity index (χ3n) is 3.77. The van der Waals surface area contributed by atoms with Gasteiger partial charge in [0.25, 0.3) is 0 Å². The quantitative estimate of drug-likeness (QED) is 0.824. The molecule has 1 amide bonds. The van der Waals surface area contributed by atoms with Crippen molar-refractivity contribution in [2.75, 3.05) is 20.7 Å². The van der Waals surface area contributed by atoms with E-state index in [1.54, 1.807) is 7.11 Å². The minimum Gasteiger partial charge on any atom is -0.499 e. The molecule has 4 heteroatoms. The van der Waals surface area contributed by atoms with Crippen molar-refractivity contribution in [3.63, 3.8) is 0 Å². The van der Waals surface area contributed by atoms with Crippen LogP contribution in [0.15, 0.2) is 24.0 Å². The van der Waals surface area contributed by atoms with Gasteiger partial charge in [-0.05, 0) is 38.8 Å². The van der Waals surface area contributed by atoms with Gasteiger partial charge in [-0.15, -0.1) is 0 Å². The maximum absolute atomic E-state index is 12.5. The Balaban J connectivity index is 2.17. The molecule has 1 aliphatic heterocycles. The molecule has 0 spiro atoms. The minimum absolute atomic E-state index is 0.0449.